The van der Waals surface area contributed by atoms with Gasteiger partial charge in [-0.05, 0) is 43.0 Å². The Balaban J connectivity index is 2.30. The maximum atomic E-state index is 13.0. The van der Waals surface area contributed by atoms with Crippen molar-refractivity contribution in [3.05, 3.63) is 83.9 Å². The van der Waals surface area contributed by atoms with Crippen LogP contribution >= 0.6 is 0 Å². The normalized spacial score (nSPS) is 18.5. The Kier molecular flexibility index (Phi) is 6.47. The molecule has 1 aromatic carbocycles. The van der Waals surface area contributed by atoms with Crippen molar-refractivity contribution in [3.63, 3.8) is 0 Å². The third-order valence-electron chi connectivity index (χ3n) is 4.53. The minimum atomic E-state index is -4.35. The van der Waals surface area contributed by atoms with Gasteiger partial charge in [-0.2, -0.15) is 13.2 Å². The second-order valence-corrected chi connectivity index (χ2v) is 15.0. The molecule has 1 unspecified atom stereocenters. The van der Waals surface area contributed by atoms with E-state index >= 15 is 0 Å². The number of halogens is 3. The summed E-state index contributed by atoms with van der Waals surface area (Å²) >= 11 is 0. The molecule has 0 fully saturated rings. The molecule has 0 saturated heterocycles. The molecule has 1 aromatic rings. The van der Waals surface area contributed by atoms with Crippen LogP contribution in [0.2, 0.25) is 19.6 Å². The third kappa shape index (κ3) is 5.49. The fourth-order valence-electron chi connectivity index (χ4n) is 2.89. The zero-order valence-electron chi connectivity index (χ0n) is 16.8. The molecule has 1 aliphatic rings. The van der Waals surface area contributed by atoms with Crippen LogP contribution in [0, 0.1) is 0 Å². The highest BCUT2D eigenvalue weighted by Crippen LogP contribution is 2.31. The van der Waals surface area contributed by atoms with Gasteiger partial charge in [0.05, 0.1) is 5.56 Å². The van der Waals surface area contributed by atoms with E-state index < -0.39 is 28.4 Å². The van der Waals surface area contributed by atoms with E-state index in [0.717, 1.165) is 11.9 Å². The molecule has 0 saturated carbocycles. The molecule has 1 atom stereocenters. The molecule has 0 spiro atoms. The van der Waals surface area contributed by atoms with Crippen LogP contribution in [-0.2, 0) is 16.8 Å². The topological polar surface area (TPSA) is 15.7 Å². The van der Waals surface area contributed by atoms with Crippen molar-refractivity contribution in [2.45, 2.75) is 32.4 Å². The van der Waals surface area contributed by atoms with Crippen LogP contribution in [0.5, 0.6) is 0 Å². The Hall–Kier alpha value is -2.04. The maximum absolute atomic E-state index is 13.0. The summed E-state index contributed by atoms with van der Waals surface area (Å²) in [5.74, 6) is 0.875. The Bertz CT molecular complexity index is 805. The van der Waals surface area contributed by atoms with Gasteiger partial charge in [0.2, 0.25) is 8.32 Å². The molecule has 8 heteroatoms. The van der Waals surface area contributed by atoms with Crippen molar-refractivity contribution in [2.24, 2.45) is 0 Å². The summed E-state index contributed by atoms with van der Waals surface area (Å²) < 4.78 is 45.4. The SMILES string of the molecule is C=C[Si](C)(C)O[Si](C)(C=C)C=C1N(C)C=CN1Cc1cccc(C(F)(F)F)c1. The van der Waals surface area contributed by atoms with Crippen molar-refractivity contribution in [1.82, 2.24) is 9.80 Å². The van der Waals surface area contributed by atoms with Crippen molar-refractivity contribution >= 4 is 16.6 Å². The highest BCUT2D eigenvalue weighted by Gasteiger charge is 2.34. The van der Waals surface area contributed by atoms with Gasteiger partial charge in [-0.15, -0.1) is 13.2 Å². The number of hydrogen-bond donors (Lipinski definition) is 0. The van der Waals surface area contributed by atoms with Crippen LogP contribution in [0.1, 0.15) is 11.1 Å². The number of alkyl halides is 3. The minimum absolute atomic E-state index is 0.334. The molecule has 0 N–H and O–H groups in total. The van der Waals surface area contributed by atoms with Crippen LogP contribution in [0.25, 0.3) is 0 Å². The van der Waals surface area contributed by atoms with Crippen LogP contribution in [0.3, 0.4) is 0 Å². The lowest BCUT2D eigenvalue weighted by atomic mass is 10.1. The molecule has 0 amide bonds. The lowest BCUT2D eigenvalue weighted by Crippen LogP contribution is -2.44. The summed E-state index contributed by atoms with van der Waals surface area (Å²) in [5.41, 5.74) is 5.78. The number of nitrogens with zero attached hydrogens (tertiary/aromatic N) is 2. The van der Waals surface area contributed by atoms with Crippen LogP contribution < -0.4 is 0 Å². The summed E-state index contributed by atoms with van der Waals surface area (Å²) in [6.07, 6.45) is -0.608. The van der Waals surface area contributed by atoms with Gasteiger partial charge < -0.3 is 13.9 Å². The van der Waals surface area contributed by atoms with Gasteiger partial charge in [0.1, 0.15) is 5.82 Å². The van der Waals surface area contributed by atoms with Gasteiger partial charge in [-0.25, -0.2) is 0 Å². The van der Waals surface area contributed by atoms with Crippen molar-refractivity contribution in [3.8, 4) is 0 Å². The molecule has 1 aliphatic heterocycles. The van der Waals surface area contributed by atoms with Gasteiger partial charge in [0.15, 0.2) is 8.32 Å². The zero-order chi connectivity index (χ0) is 21.2. The zero-order valence-corrected chi connectivity index (χ0v) is 18.8. The molecule has 2 rings (SSSR count). The molecule has 0 radical (unpaired) electrons. The Morgan fingerprint density at radius 2 is 1.79 bits per heavy atom. The first-order valence-corrected chi connectivity index (χ1v) is 14.5. The molecule has 0 aliphatic carbocycles. The van der Waals surface area contributed by atoms with E-state index in [-0.39, 0.29) is 0 Å². The highest BCUT2D eigenvalue weighted by molar-refractivity contribution is 6.92. The second kappa shape index (κ2) is 8.14. The van der Waals surface area contributed by atoms with Gasteiger partial charge in [0, 0.05) is 26.0 Å². The maximum Gasteiger partial charge on any atom is 0.416 e. The summed E-state index contributed by atoms with van der Waals surface area (Å²) in [5, 5.41) is 0. The van der Waals surface area contributed by atoms with Gasteiger partial charge in [-0.3, -0.25) is 0 Å². The number of benzene rings is 1. The molecule has 152 valence electrons. The summed E-state index contributed by atoms with van der Waals surface area (Å²) in [4.78, 5) is 3.87. The molecule has 0 bridgehead atoms. The average Bonchev–Trinajstić information content (AvgIpc) is 2.94. The van der Waals surface area contributed by atoms with Crippen LogP contribution in [-0.4, -0.2) is 33.5 Å². The number of hydrogen-bond acceptors (Lipinski definition) is 3. The predicted molar refractivity (Wildman–Crippen MR) is 113 cm³/mol. The summed E-state index contributed by atoms with van der Waals surface area (Å²) in [6.45, 7) is 14.4. The van der Waals surface area contributed by atoms with Crippen molar-refractivity contribution < 1.29 is 17.3 Å². The Morgan fingerprint density at radius 3 is 2.36 bits per heavy atom. The van der Waals surface area contributed by atoms with E-state index in [1.165, 1.54) is 12.1 Å². The Labute approximate surface area is 167 Å². The van der Waals surface area contributed by atoms with E-state index in [9.17, 15) is 13.2 Å². The first-order chi connectivity index (χ1) is 12.9. The van der Waals surface area contributed by atoms with Crippen molar-refractivity contribution in [1.29, 1.82) is 0 Å². The molecular weight excluding hydrogens is 397 g/mol. The number of rotatable bonds is 7. The summed E-state index contributed by atoms with van der Waals surface area (Å²) in [7, 11) is -2.52. The minimum Gasteiger partial charge on any atom is -0.446 e. The fraction of sp³-hybridized carbons (Fsp3) is 0.300. The first kappa shape index (κ1) is 22.3. The monoisotopic (exact) mass is 424 g/mol. The van der Waals surface area contributed by atoms with E-state index in [0.29, 0.717) is 12.1 Å². The van der Waals surface area contributed by atoms with Gasteiger partial charge >= 0.3 is 6.18 Å². The third-order valence-corrected chi connectivity index (χ3v) is 11.0. The average molecular weight is 425 g/mol. The van der Waals surface area contributed by atoms with Crippen LogP contribution in [0.4, 0.5) is 13.2 Å². The van der Waals surface area contributed by atoms with Gasteiger partial charge in [-0.1, -0.05) is 23.5 Å². The molecular formula is C20H27F3N2OSi2. The van der Waals surface area contributed by atoms with E-state index in [2.05, 4.69) is 38.5 Å². The van der Waals surface area contributed by atoms with E-state index in [1.807, 2.05) is 40.6 Å². The lowest BCUT2D eigenvalue weighted by molar-refractivity contribution is -0.137. The van der Waals surface area contributed by atoms with Crippen LogP contribution in [0.15, 0.2) is 72.7 Å². The highest BCUT2D eigenvalue weighted by atomic mass is 28.4. The molecule has 1 heterocycles. The van der Waals surface area contributed by atoms with E-state index in [4.69, 9.17) is 4.12 Å². The van der Waals surface area contributed by atoms with E-state index in [1.54, 1.807) is 6.07 Å². The molecule has 0 aromatic heterocycles. The summed E-state index contributed by atoms with van der Waals surface area (Å²) in [6, 6.07) is 5.42. The first-order valence-electron chi connectivity index (χ1n) is 8.93. The molecule has 3 nitrogen and oxygen atoms in total. The van der Waals surface area contributed by atoms with Gasteiger partial charge in [0.25, 0.3) is 0 Å². The second-order valence-electron chi connectivity index (χ2n) is 7.54. The predicted octanol–water partition coefficient (Wildman–Crippen LogP) is 5.55. The molecule has 28 heavy (non-hydrogen) atoms. The lowest BCUT2D eigenvalue weighted by Gasteiger charge is -2.32. The quantitative estimate of drug-likeness (QED) is 0.534. The van der Waals surface area contributed by atoms with Crippen molar-refractivity contribution in [2.75, 3.05) is 7.05 Å². The fourth-order valence-corrected chi connectivity index (χ4v) is 9.33. The smallest absolute Gasteiger partial charge is 0.416 e. The largest absolute Gasteiger partial charge is 0.446 e. The standard InChI is InChI=1S/C20H27F3N2OSi2/c1-7-27(4,5)26-28(6,8-2)16-19-24(3)12-13-25(19)15-17-10-9-11-18(14-17)20(21,22)23/h7-14,16H,1-2,15H2,3-6H3. The Morgan fingerprint density at radius 1 is 1.11 bits per heavy atom.